The Morgan fingerprint density at radius 1 is 0.694 bits per heavy atom. The zero-order chi connectivity index (χ0) is 24.3. The standard InChI is InChI=1S/C20H19N2Si.C11H8N.Ir/c1-23(2,3)15-9-11-18(21-13-15)14-8-10-20-17(12-14)16-6-4-5-7-19(16)22-20;1-2-6-10(7-3-1)11-8-4-5-9-12-11;/h4-7,9-13,22H,1-3H3;1-6,8-9H;/q2*-1;. The maximum Gasteiger partial charge on any atom is 0.0795 e. The first-order chi connectivity index (χ1) is 17.0. The number of rotatable bonds is 3. The molecule has 36 heavy (non-hydrogen) atoms. The van der Waals surface area contributed by atoms with Gasteiger partial charge in [-0.25, -0.2) is 0 Å². The molecule has 0 bridgehead atoms. The SMILES string of the molecule is C[Si](C)(C)c1ccc(-c2[c-]cc3[nH]c4ccccc4c3c2)nc1.[Ir].[c-]1ccccc1-c1ccccn1. The summed E-state index contributed by atoms with van der Waals surface area (Å²) in [5.74, 6) is 0. The van der Waals surface area contributed by atoms with Crippen LogP contribution in [0.3, 0.4) is 0 Å². The fourth-order valence-corrected chi connectivity index (χ4v) is 5.04. The maximum atomic E-state index is 4.68. The number of aromatic nitrogens is 3. The Balaban J connectivity index is 0.000000198. The Morgan fingerprint density at radius 2 is 1.47 bits per heavy atom. The van der Waals surface area contributed by atoms with E-state index in [2.05, 4.69) is 89.2 Å². The fraction of sp³-hybridized carbons (Fsp3) is 0.0968. The van der Waals surface area contributed by atoms with Gasteiger partial charge in [0.1, 0.15) is 0 Å². The number of para-hydroxylation sites is 1. The number of nitrogens with zero attached hydrogens (tertiary/aromatic N) is 2. The molecule has 3 aromatic heterocycles. The number of hydrogen-bond acceptors (Lipinski definition) is 2. The van der Waals surface area contributed by atoms with Gasteiger partial charge in [0, 0.05) is 38.0 Å². The number of pyridine rings is 2. The van der Waals surface area contributed by atoms with Crippen molar-refractivity contribution in [3.05, 3.63) is 116 Å². The Bertz CT molecular complexity index is 1520. The minimum absolute atomic E-state index is 0. The summed E-state index contributed by atoms with van der Waals surface area (Å²) in [5.41, 5.74) is 6.32. The topological polar surface area (TPSA) is 41.6 Å². The average molecular weight is 662 g/mol. The summed E-state index contributed by atoms with van der Waals surface area (Å²) >= 11 is 0. The molecule has 0 spiro atoms. The summed E-state index contributed by atoms with van der Waals surface area (Å²) in [6.45, 7) is 7.02. The first-order valence-electron chi connectivity index (χ1n) is 11.8. The Kier molecular flexibility index (Phi) is 7.95. The summed E-state index contributed by atoms with van der Waals surface area (Å²) in [6.07, 6.45) is 3.82. The normalized spacial score (nSPS) is 11.0. The number of fused-ring (bicyclic) bond motifs is 3. The van der Waals surface area contributed by atoms with Crippen LogP contribution in [0, 0.1) is 12.1 Å². The fourth-order valence-electron chi connectivity index (χ4n) is 4.01. The van der Waals surface area contributed by atoms with Crippen LogP contribution in [0.1, 0.15) is 0 Å². The minimum Gasteiger partial charge on any atom is -0.394 e. The summed E-state index contributed by atoms with van der Waals surface area (Å²) in [7, 11) is -1.30. The van der Waals surface area contributed by atoms with Crippen molar-refractivity contribution in [1.29, 1.82) is 0 Å². The van der Waals surface area contributed by atoms with Crippen LogP contribution in [0.2, 0.25) is 19.6 Å². The largest absolute Gasteiger partial charge is 0.394 e. The third-order valence-electron chi connectivity index (χ3n) is 5.99. The molecule has 0 aliphatic heterocycles. The van der Waals surface area contributed by atoms with Gasteiger partial charge in [0.05, 0.1) is 8.07 Å². The Hall–Kier alpha value is -3.37. The molecule has 1 N–H and O–H groups in total. The third-order valence-corrected chi connectivity index (χ3v) is 8.02. The van der Waals surface area contributed by atoms with Crippen LogP contribution in [0.25, 0.3) is 44.3 Å². The van der Waals surface area contributed by atoms with Crippen molar-refractivity contribution in [1.82, 2.24) is 15.0 Å². The van der Waals surface area contributed by atoms with Gasteiger partial charge in [-0.2, -0.15) is 0 Å². The van der Waals surface area contributed by atoms with Gasteiger partial charge in [0.2, 0.25) is 0 Å². The second kappa shape index (κ2) is 11.1. The zero-order valence-electron chi connectivity index (χ0n) is 20.5. The number of H-pyrrole nitrogens is 1. The molecule has 3 heterocycles. The zero-order valence-corrected chi connectivity index (χ0v) is 23.9. The average Bonchev–Trinajstić information content (AvgIpc) is 3.28. The molecule has 3 aromatic carbocycles. The van der Waals surface area contributed by atoms with Gasteiger partial charge in [-0.1, -0.05) is 67.5 Å². The van der Waals surface area contributed by atoms with E-state index in [1.807, 2.05) is 54.7 Å². The van der Waals surface area contributed by atoms with Crippen LogP contribution in [0.4, 0.5) is 0 Å². The van der Waals surface area contributed by atoms with Gasteiger partial charge >= 0.3 is 0 Å². The maximum absolute atomic E-state index is 4.68. The van der Waals surface area contributed by atoms with Gasteiger partial charge in [-0.05, 0) is 39.6 Å². The van der Waals surface area contributed by atoms with E-state index in [1.165, 1.54) is 16.0 Å². The molecule has 0 amide bonds. The van der Waals surface area contributed by atoms with Gasteiger partial charge in [0.15, 0.2) is 0 Å². The molecule has 181 valence electrons. The number of hydrogen-bond donors (Lipinski definition) is 1. The monoisotopic (exact) mass is 662 g/mol. The summed E-state index contributed by atoms with van der Waals surface area (Å²) in [5, 5.41) is 3.86. The Labute approximate surface area is 227 Å². The van der Waals surface area contributed by atoms with Crippen LogP contribution in [-0.4, -0.2) is 23.0 Å². The summed E-state index contributed by atoms with van der Waals surface area (Å²) in [4.78, 5) is 12.3. The van der Waals surface area contributed by atoms with E-state index in [1.54, 1.807) is 6.20 Å². The van der Waals surface area contributed by atoms with Crippen molar-refractivity contribution >= 4 is 35.1 Å². The second-order valence-corrected chi connectivity index (χ2v) is 14.6. The molecule has 0 unspecified atom stereocenters. The molecular formula is C31H27IrN3Si-2. The van der Waals surface area contributed by atoms with Crippen LogP contribution in [0.15, 0.2) is 103 Å². The van der Waals surface area contributed by atoms with E-state index in [-0.39, 0.29) is 20.1 Å². The van der Waals surface area contributed by atoms with Crippen molar-refractivity contribution in [2.24, 2.45) is 0 Å². The molecule has 0 fully saturated rings. The third kappa shape index (κ3) is 5.71. The van der Waals surface area contributed by atoms with Crippen molar-refractivity contribution in [3.8, 4) is 22.5 Å². The smallest absolute Gasteiger partial charge is 0.0795 e. The first kappa shape index (κ1) is 25.7. The number of aromatic amines is 1. The van der Waals surface area contributed by atoms with E-state index in [0.717, 1.165) is 33.5 Å². The van der Waals surface area contributed by atoms with Crippen LogP contribution in [0.5, 0.6) is 0 Å². The van der Waals surface area contributed by atoms with E-state index < -0.39 is 8.07 Å². The van der Waals surface area contributed by atoms with E-state index in [4.69, 9.17) is 0 Å². The molecule has 0 aliphatic rings. The summed E-state index contributed by atoms with van der Waals surface area (Å²) in [6, 6.07) is 37.1. The van der Waals surface area contributed by atoms with Gasteiger partial charge in [-0.15, -0.1) is 59.7 Å². The van der Waals surface area contributed by atoms with Crippen LogP contribution < -0.4 is 5.19 Å². The van der Waals surface area contributed by atoms with Crippen molar-refractivity contribution < 1.29 is 20.1 Å². The molecule has 0 atom stereocenters. The number of benzene rings is 3. The van der Waals surface area contributed by atoms with E-state index in [0.29, 0.717) is 0 Å². The predicted molar refractivity (Wildman–Crippen MR) is 149 cm³/mol. The Morgan fingerprint density at radius 3 is 2.17 bits per heavy atom. The molecular weight excluding hydrogens is 635 g/mol. The molecule has 0 aliphatic carbocycles. The second-order valence-electron chi connectivity index (χ2n) is 9.52. The number of nitrogens with one attached hydrogen (secondary N) is 1. The predicted octanol–water partition coefficient (Wildman–Crippen LogP) is 7.27. The van der Waals surface area contributed by atoms with Gasteiger partial charge in [-0.3, -0.25) is 0 Å². The molecule has 3 nitrogen and oxygen atoms in total. The first-order valence-corrected chi connectivity index (χ1v) is 15.3. The molecule has 6 rings (SSSR count). The quantitative estimate of drug-likeness (QED) is 0.160. The van der Waals surface area contributed by atoms with Crippen LogP contribution in [-0.2, 0) is 20.1 Å². The van der Waals surface area contributed by atoms with Crippen molar-refractivity contribution in [2.75, 3.05) is 0 Å². The summed E-state index contributed by atoms with van der Waals surface area (Å²) < 4.78 is 0. The molecule has 5 heteroatoms. The molecule has 0 saturated carbocycles. The molecule has 1 radical (unpaired) electrons. The van der Waals surface area contributed by atoms with Crippen molar-refractivity contribution in [2.45, 2.75) is 19.6 Å². The van der Waals surface area contributed by atoms with E-state index in [9.17, 15) is 0 Å². The van der Waals surface area contributed by atoms with E-state index >= 15 is 0 Å². The van der Waals surface area contributed by atoms with Gasteiger partial charge < -0.3 is 15.0 Å². The molecule has 0 saturated heterocycles. The van der Waals surface area contributed by atoms with Crippen LogP contribution >= 0.6 is 0 Å². The van der Waals surface area contributed by atoms with Crippen molar-refractivity contribution in [3.63, 3.8) is 0 Å². The van der Waals surface area contributed by atoms with Gasteiger partial charge in [0.25, 0.3) is 0 Å². The minimum atomic E-state index is -1.30. The molecule has 6 aromatic rings.